The fourth-order valence-electron chi connectivity index (χ4n) is 1.91. The number of rotatable bonds is 6. The molecule has 1 N–H and O–H groups in total. The number of hydrogen-bond acceptors (Lipinski definition) is 3. The maximum absolute atomic E-state index is 5.75. The summed E-state index contributed by atoms with van der Waals surface area (Å²) in [5.74, 6) is 0.841. The van der Waals surface area contributed by atoms with Gasteiger partial charge in [0.15, 0.2) is 0 Å². The molecule has 20 heavy (non-hydrogen) atoms. The number of ether oxygens (including phenoxy) is 1. The van der Waals surface area contributed by atoms with Gasteiger partial charge in [-0.2, -0.15) is 0 Å². The molecule has 0 atom stereocenters. The predicted molar refractivity (Wildman–Crippen MR) is 82.6 cm³/mol. The van der Waals surface area contributed by atoms with Gasteiger partial charge in [-0.3, -0.25) is 4.98 Å². The van der Waals surface area contributed by atoms with Crippen molar-refractivity contribution in [1.29, 1.82) is 0 Å². The molecule has 1 aliphatic carbocycles. The molecule has 0 unspecified atom stereocenters. The van der Waals surface area contributed by atoms with Crippen LogP contribution in [0.1, 0.15) is 24.1 Å². The SMILES string of the molecule is Brc1ccccc1OCc1ccc(CNC2CC2)cn1. The van der Waals surface area contributed by atoms with Crippen molar-refractivity contribution in [3.8, 4) is 5.75 Å². The molecular formula is C16H17BrN2O. The third-order valence-corrected chi connectivity index (χ3v) is 3.93. The van der Waals surface area contributed by atoms with Crippen molar-refractivity contribution < 1.29 is 4.74 Å². The molecule has 1 aromatic heterocycles. The van der Waals surface area contributed by atoms with Crippen LogP contribution < -0.4 is 10.1 Å². The Labute approximate surface area is 127 Å². The first kappa shape index (κ1) is 13.6. The van der Waals surface area contributed by atoms with Gasteiger partial charge in [0.2, 0.25) is 0 Å². The number of pyridine rings is 1. The molecule has 104 valence electrons. The van der Waals surface area contributed by atoms with Crippen LogP contribution >= 0.6 is 15.9 Å². The van der Waals surface area contributed by atoms with Crippen LogP contribution in [-0.4, -0.2) is 11.0 Å². The molecule has 3 rings (SSSR count). The van der Waals surface area contributed by atoms with Crippen LogP contribution in [0.2, 0.25) is 0 Å². The maximum atomic E-state index is 5.75. The van der Waals surface area contributed by atoms with Crippen molar-refractivity contribution in [3.63, 3.8) is 0 Å². The van der Waals surface area contributed by atoms with E-state index in [2.05, 4.69) is 32.3 Å². The van der Waals surface area contributed by atoms with E-state index < -0.39 is 0 Å². The van der Waals surface area contributed by atoms with Crippen LogP contribution in [0.15, 0.2) is 47.1 Å². The lowest BCUT2D eigenvalue weighted by Gasteiger charge is -2.08. The summed E-state index contributed by atoms with van der Waals surface area (Å²) in [6.07, 6.45) is 4.55. The maximum Gasteiger partial charge on any atom is 0.134 e. The third-order valence-electron chi connectivity index (χ3n) is 3.27. The van der Waals surface area contributed by atoms with Gasteiger partial charge in [0.25, 0.3) is 0 Å². The van der Waals surface area contributed by atoms with E-state index in [9.17, 15) is 0 Å². The van der Waals surface area contributed by atoms with Crippen molar-refractivity contribution in [3.05, 3.63) is 58.3 Å². The molecule has 3 nitrogen and oxygen atoms in total. The average molecular weight is 333 g/mol. The van der Waals surface area contributed by atoms with Gasteiger partial charge in [-0.15, -0.1) is 0 Å². The molecule has 0 aliphatic heterocycles. The highest BCUT2D eigenvalue weighted by Crippen LogP contribution is 2.24. The Hall–Kier alpha value is -1.39. The summed E-state index contributed by atoms with van der Waals surface area (Å²) in [7, 11) is 0. The van der Waals surface area contributed by atoms with Crippen LogP contribution in [0.4, 0.5) is 0 Å². The normalized spacial score (nSPS) is 14.2. The number of halogens is 1. The summed E-state index contributed by atoms with van der Waals surface area (Å²) in [6.45, 7) is 1.39. The van der Waals surface area contributed by atoms with Gasteiger partial charge in [-0.05, 0) is 52.5 Å². The number of nitrogens with zero attached hydrogens (tertiary/aromatic N) is 1. The van der Waals surface area contributed by atoms with Crippen molar-refractivity contribution in [2.45, 2.75) is 32.0 Å². The Morgan fingerprint density at radius 1 is 1.20 bits per heavy atom. The molecule has 0 spiro atoms. The topological polar surface area (TPSA) is 34.1 Å². The van der Waals surface area contributed by atoms with Crippen LogP contribution in [0.5, 0.6) is 5.75 Å². The molecule has 1 heterocycles. The van der Waals surface area contributed by atoms with E-state index in [0.717, 1.165) is 28.5 Å². The first-order valence-corrected chi connectivity index (χ1v) is 7.65. The van der Waals surface area contributed by atoms with Crippen LogP contribution in [0, 0.1) is 0 Å². The second-order valence-corrected chi connectivity index (χ2v) is 5.89. The van der Waals surface area contributed by atoms with Crippen molar-refractivity contribution in [1.82, 2.24) is 10.3 Å². The number of aromatic nitrogens is 1. The number of benzene rings is 1. The zero-order chi connectivity index (χ0) is 13.8. The Balaban J connectivity index is 1.53. The summed E-state index contributed by atoms with van der Waals surface area (Å²) < 4.78 is 6.71. The monoisotopic (exact) mass is 332 g/mol. The molecule has 0 radical (unpaired) electrons. The second kappa shape index (κ2) is 6.37. The van der Waals surface area contributed by atoms with Crippen molar-refractivity contribution >= 4 is 15.9 Å². The predicted octanol–water partition coefficient (Wildman–Crippen LogP) is 3.68. The third kappa shape index (κ3) is 3.81. The highest BCUT2D eigenvalue weighted by atomic mass is 79.9. The molecule has 0 bridgehead atoms. The standard InChI is InChI=1S/C16H17BrN2O/c17-15-3-1-2-4-16(15)20-11-14-6-5-12(10-19-14)9-18-13-7-8-13/h1-6,10,13,18H,7-9,11H2. The molecule has 1 fully saturated rings. The van der Waals surface area contributed by atoms with E-state index in [4.69, 9.17) is 4.74 Å². The number of para-hydroxylation sites is 1. The van der Waals surface area contributed by atoms with E-state index in [1.807, 2.05) is 36.5 Å². The largest absolute Gasteiger partial charge is 0.486 e. The van der Waals surface area contributed by atoms with Gasteiger partial charge < -0.3 is 10.1 Å². The highest BCUT2D eigenvalue weighted by molar-refractivity contribution is 9.10. The van der Waals surface area contributed by atoms with E-state index in [0.29, 0.717) is 6.61 Å². The first-order chi connectivity index (χ1) is 9.81. The Kier molecular flexibility index (Phi) is 4.33. The van der Waals surface area contributed by atoms with Gasteiger partial charge in [-0.1, -0.05) is 18.2 Å². The quantitative estimate of drug-likeness (QED) is 0.876. The van der Waals surface area contributed by atoms with Gasteiger partial charge in [-0.25, -0.2) is 0 Å². The van der Waals surface area contributed by atoms with Gasteiger partial charge >= 0.3 is 0 Å². The minimum Gasteiger partial charge on any atom is -0.486 e. The second-order valence-electron chi connectivity index (χ2n) is 5.03. The molecule has 1 saturated carbocycles. The zero-order valence-electron chi connectivity index (χ0n) is 11.2. The lowest BCUT2D eigenvalue weighted by atomic mass is 10.2. The smallest absolute Gasteiger partial charge is 0.134 e. The van der Waals surface area contributed by atoms with Gasteiger partial charge in [0.1, 0.15) is 12.4 Å². The Morgan fingerprint density at radius 3 is 2.75 bits per heavy atom. The molecule has 2 aromatic rings. The summed E-state index contributed by atoms with van der Waals surface area (Å²) >= 11 is 3.47. The summed E-state index contributed by atoms with van der Waals surface area (Å²) in [4.78, 5) is 4.44. The molecule has 1 aliphatic rings. The Morgan fingerprint density at radius 2 is 2.05 bits per heavy atom. The Bertz CT molecular complexity index is 567. The molecule has 1 aromatic carbocycles. The number of hydrogen-bond donors (Lipinski definition) is 1. The van der Waals surface area contributed by atoms with Crippen LogP contribution in [0.3, 0.4) is 0 Å². The van der Waals surface area contributed by atoms with Gasteiger partial charge in [0.05, 0.1) is 10.2 Å². The molecule has 0 amide bonds. The molecule has 0 saturated heterocycles. The lowest BCUT2D eigenvalue weighted by molar-refractivity contribution is 0.299. The molecular weight excluding hydrogens is 316 g/mol. The van der Waals surface area contributed by atoms with E-state index in [1.54, 1.807) is 0 Å². The summed E-state index contributed by atoms with van der Waals surface area (Å²) in [5, 5.41) is 3.48. The first-order valence-electron chi connectivity index (χ1n) is 6.86. The fraction of sp³-hybridized carbons (Fsp3) is 0.312. The van der Waals surface area contributed by atoms with Crippen molar-refractivity contribution in [2.24, 2.45) is 0 Å². The minimum absolute atomic E-state index is 0.485. The van der Waals surface area contributed by atoms with E-state index >= 15 is 0 Å². The minimum atomic E-state index is 0.485. The summed E-state index contributed by atoms with van der Waals surface area (Å²) in [6, 6.07) is 12.7. The van der Waals surface area contributed by atoms with Crippen molar-refractivity contribution in [2.75, 3.05) is 0 Å². The highest BCUT2D eigenvalue weighted by Gasteiger charge is 2.19. The summed E-state index contributed by atoms with van der Waals surface area (Å²) in [5.41, 5.74) is 2.16. The van der Waals surface area contributed by atoms with Crippen LogP contribution in [0.25, 0.3) is 0 Å². The number of nitrogens with one attached hydrogen (secondary N) is 1. The van der Waals surface area contributed by atoms with Gasteiger partial charge in [0, 0.05) is 18.8 Å². The zero-order valence-corrected chi connectivity index (χ0v) is 12.8. The lowest BCUT2D eigenvalue weighted by Crippen LogP contribution is -2.15. The van der Waals surface area contributed by atoms with Crippen LogP contribution in [-0.2, 0) is 13.2 Å². The van der Waals surface area contributed by atoms with E-state index in [-0.39, 0.29) is 0 Å². The average Bonchev–Trinajstić information content (AvgIpc) is 3.30. The van der Waals surface area contributed by atoms with E-state index in [1.165, 1.54) is 18.4 Å². The molecule has 4 heteroatoms. The fourth-order valence-corrected chi connectivity index (χ4v) is 2.31.